The maximum atomic E-state index is 12.2. The van der Waals surface area contributed by atoms with E-state index in [0.29, 0.717) is 22.2 Å². The molecule has 0 fully saturated rings. The Morgan fingerprint density at radius 2 is 2.10 bits per heavy atom. The maximum absolute atomic E-state index is 12.2. The fourth-order valence-electron chi connectivity index (χ4n) is 2.10. The van der Waals surface area contributed by atoms with Crippen LogP contribution in [0.4, 0.5) is 0 Å². The summed E-state index contributed by atoms with van der Waals surface area (Å²) < 4.78 is 1.97. The molecule has 4 nitrogen and oxygen atoms in total. The molecule has 1 atom stereocenters. The van der Waals surface area contributed by atoms with Gasteiger partial charge in [0.05, 0.1) is 12.2 Å². The minimum atomic E-state index is -0.376. The topological polar surface area (TPSA) is 46.9 Å². The number of halogens is 2. The highest BCUT2D eigenvalue weighted by Gasteiger charge is 2.20. The largest absolute Gasteiger partial charge is 0.356 e. The van der Waals surface area contributed by atoms with Gasteiger partial charge in [0.15, 0.2) is 0 Å². The standard InChI is InChI=1S/C15H17Cl2N3O/c1-11(14-12(16)4-2-5-13(14)17)15(21)19-6-3-8-20-9-7-18-10-20/h2,4-5,7,9-11H,3,6,8H2,1H3,(H,19,21)/t11-/m0/s1. The third-order valence-corrected chi connectivity index (χ3v) is 3.94. The van der Waals surface area contributed by atoms with E-state index in [1.165, 1.54) is 0 Å². The van der Waals surface area contributed by atoms with Crippen molar-refractivity contribution in [3.63, 3.8) is 0 Å². The minimum Gasteiger partial charge on any atom is -0.356 e. The number of rotatable bonds is 6. The van der Waals surface area contributed by atoms with Gasteiger partial charge in [-0.05, 0) is 25.5 Å². The summed E-state index contributed by atoms with van der Waals surface area (Å²) >= 11 is 12.2. The van der Waals surface area contributed by atoms with Gasteiger partial charge in [0.2, 0.25) is 5.91 Å². The summed E-state index contributed by atoms with van der Waals surface area (Å²) in [5.41, 5.74) is 0.674. The van der Waals surface area contributed by atoms with Crippen molar-refractivity contribution >= 4 is 29.1 Å². The molecule has 1 aromatic carbocycles. The zero-order chi connectivity index (χ0) is 15.2. The summed E-state index contributed by atoms with van der Waals surface area (Å²) in [5, 5.41) is 3.94. The zero-order valence-electron chi connectivity index (χ0n) is 11.7. The first-order valence-corrected chi connectivity index (χ1v) is 7.52. The van der Waals surface area contributed by atoms with E-state index >= 15 is 0 Å². The van der Waals surface area contributed by atoms with E-state index < -0.39 is 0 Å². The SMILES string of the molecule is C[C@H](C(=O)NCCCn1ccnc1)c1c(Cl)cccc1Cl. The summed E-state index contributed by atoms with van der Waals surface area (Å²) in [6.45, 7) is 3.23. The summed E-state index contributed by atoms with van der Waals surface area (Å²) in [4.78, 5) is 16.1. The molecule has 0 aliphatic carbocycles. The number of aryl methyl sites for hydroxylation is 1. The van der Waals surface area contributed by atoms with Gasteiger partial charge in [0.1, 0.15) is 0 Å². The Balaban J connectivity index is 1.85. The number of imidazole rings is 1. The van der Waals surface area contributed by atoms with Gasteiger partial charge >= 0.3 is 0 Å². The Morgan fingerprint density at radius 1 is 1.38 bits per heavy atom. The molecule has 1 N–H and O–H groups in total. The molecular weight excluding hydrogens is 309 g/mol. The number of hydrogen-bond donors (Lipinski definition) is 1. The van der Waals surface area contributed by atoms with E-state index in [0.717, 1.165) is 13.0 Å². The first kappa shape index (κ1) is 15.9. The van der Waals surface area contributed by atoms with Crippen molar-refractivity contribution < 1.29 is 4.79 Å². The van der Waals surface area contributed by atoms with Crippen molar-refractivity contribution in [1.82, 2.24) is 14.9 Å². The van der Waals surface area contributed by atoms with Gasteiger partial charge in [-0.25, -0.2) is 4.98 Å². The second-order valence-electron chi connectivity index (χ2n) is 4.80. The zero-order valence-corrected chi connectivity index (χ0v) is 13.2. The molecule has 0 aliphatic rings. The molecule has 0 aliphatic heterocycles. The number of carbonyl (C=O) groups excluding carboxylic acids is 1. The highest BCUT2D eigenvalue weighted by molar-refractivity contribution is 6.36. The van der Waals surface area contributed by atoms with Crippen LogP contribution in [-0.4, -0.2) is 22.0 Å². The first-order valence-electron chi connectivity index (χ1n) is 6.77. The fourth-order valence-corrected chi connectivity index (χ4v) is 2.83. The third kappa shape index (κ3) is 4.22. The van der Waals surface area contributed by atoms with Crippen LogP contribution in [0, 0.1) is 0 Å². The smallest absolute Gasteiger partial charge is 0.227 e. The van der Waals surface area contributed by atoms with Gasteiger partial charge in [0.25, 0.3) is 0 Å². The maximum Gasteiger partial charge on any atom is 0.227 e. The van der Waals surface area contributed by atoms with Crippen molar-refractivity contribution in [3.05, 3.63) is 52.5 Å². The number of carbonyl (C=O) groups is 1. The van der Waals surface area contributed by atoms with Gasteiger partial charge in [-0.1, -0.05) is 29.3 Å². The Kier molecular flexibility index (Phi) is 5.65. The summed E-state index contributed by atoms with van der Waals surface area (Å²) in [6.07, 6.45) is 6.23. The molecule has 0 spiro atoms. The van der Waals surface area contributed by atoms with Gasteiger partial charge in [-0.3, -0.25) is 4.79 Å². The van der Waals surface area contributed by atoms with Crippen LogP contribution in [0.5, 0.6) is 0 Å². The number of amides is 1. The second kappa shape index (κ2) is 7.48. The monoisotopic (exact) mass is 325 g/mol. The fraction of sp³-hybridized carbons (Fsp3) is 0.333. The lowest BCUT2D eigenvalue weighted by molar-refractivity contribution is -0.122. The van der Waals surface area contributed by atoms with Crippen LogP contribution in [0.3, 0.4) is 0 Å². The molecule has 0 bridgehead atoms. The molecule has 1 amide bonds. The third-order valence-electron chi connectivity index (χ3n) is 3.28. The predicted octanol–water partition coefficient (Wildman–Crippen LogP) is 3.50. The van der Waals surface area contributed by atoms with E-state index in [1.807, 2.05) is 10.8 Å². The van der Waals surface area contributed by atoms with Crippen LogP contribution < -0.4 is 5.32 Å². The first-order chi connectivity index (χ1) is 10.1. The predicted molar refractivity (Wildman–Crippen MR) is 84.7 cm³/mol. The molecule has 6 heteroatoms. The van der Waals surface area contributed by atoms with Gasteiger partial charge < -0.3 is 9.88 Å². The van der Waals surface area contributed by atoms with Gasteiger partial charge in [-0.15, -0.1) is 0 Å². The molecule has 112 valence electrons. The van der Waals surface area contributed by atoms with E-state index in [2.05, 4.69) is 10.3 Å². The van der Waals surface area contributed by atoms with Crippen LogP contribution >= 0.6 is 23.2 Å². The Morgan fingerprint density at radius 3 is 2.71 bits per heavy atom. The highest BCUT2D eigenvalue weighted by atomic mass is 35.5. The average molecular weight is 326 g/mol. The Bertz CT molecular complexity index is 579. The van der Waals surface area contributed by atoms with Crippen LogP contribution in [0.25, 0.3) is 0 Å². The minimum absolute atomic E-state index is 0.0735. The summed E-state index contributed by atoms with van der Waals surface area (Å²) in [7, 11) is 0. The molecule has 0 saturated carbocycles. The number of aromatic nitrogens is 2. The number of hydrogen-bond acceptors (Lipinski definition) is 2. The summed E-state index contributed by atoms with van der Waals surface area (Å²) in [6, 6.07) is 5.25. The van der Waals surface area contributed by atoms with Crippen LogP contribution in [0.1, 0.15) is 24.8 Å². The lowest BCUT2D eigenvalue weighted by Gasteiger charge is -2.15. The molecular formula is C15H17Cl2N3O. The van der Waals surface area contributed by atoms with E-state index in [-0.39, 0.29) is 11.8 Å². The van der Waals surface area contributed by atoms with Crippen LogP contribution in [0.2, 0.25) is 10.0 Å². The molecule has 1 heterocycles. The number of nitrogens with zero attached hydrogens (tertiary/aromatic N) is 2. The van der Waals surface area contributed by atoms with Gasteiger partial charge in [0, 0.05) is 41.1 Å². The molecule has 2 aromatic rings. The molecule has 1 aromatic heterocycles. The molecule has 0 saturated heterocycles. The lowest BCUT2D eigenvalue weighted by atomic mass is 10.00. The molecule has 2 rings (SSSR count). The Labute approximate surface area is 134 Å². The summed E-state index contributed by atoms with van der Waals surface area (Å²) in [5.74, 6) is -0.449. The van der Waals surface area contributed by atoms with E-state index in [4.69, 9.17) is 23.2 Å². The van der Waals surface area contributed by atoms with Crippen molar-refractivity contribution in [2.75, 3.05) is 6.54 Å². The van der Waals surface area contributed by atoms with Crippen molar-refractivity contribution in [3.8, 4) is 0 Å². The molecule has 21 heavy (non-hydrogen) atoms. The van der Waals surface area contributed by atoms with Crippen molar-refractivity contribution in [1.29, 1.82) is 0 Å². The van der Waals surface area contributed by atoms with Crippen molar-refractivity contribution in [2.45, 2.75) is 25.8 Å². The lowest BCUT2D eigenvalue weighted by Crippen LogP contribution is -2.29. The quantitative estimate of drug-likeness (QED) is 0.826. The van der Waals surface area contributed by atoms with E-state index in [1.54, 1.807) is 37.6 Å². The van der Waals surface area contributed by atoms with E-state index in [9.17, 15) is 4.79 Å². The molecule has 0 radical (unpaired) electrons. The normalized spacial score (nSPS) is 12.1. The van der Waals surface area contributed by atoms with Crippen molar-refractivity contribution in [2.24, 2.45) is 0 Å². The van der Waals surface area contributed by atoms with Gasteiger partial charge in [-0.2, -0.15) is 0 Å². The van der Waals surface area contributed by atoms with Crippen LogP contribution in [0.15, 0.2) is 36.9 Å². The average Bonchev–Trinajstić information content (AvgIpc) is 2.96. The van der Waals surface area contributed by atoms with Crippen LogP contribution in [-0.2, 0) is 11.3 Å². The second-order valence-corrected chi connectivity index (χ2v) is 5.62. The highest BCUT2D eigenvalue weighted by Crippen LogP contribution is 2.31. The number of nitrogens with one attached hydrogen (secondary N) is 1. The number of benzene rings is 1. The molecule has 0 unspecified atom stereocenters. The Hall–Kier alpha value is -1.52.